The third-order valence-electron chi connectivity index (χ3n) is 5.08. The van der Waals surface area contributed by atoms with Crippen LogP contribution in [0.5, 0.6) is 11.5 Å². The molecule has 0 unspecified atom stereocenters. The van der Waals surface area contributed by atoms with Crippen LogP contribution in [0.15, 0.2) is 36.4 Å². The lowest BCUT2D eigenvalue weighted by molar-refractivity contribution is -0.385. The number of hydrogen-bond acceptors (Lipinski definition) is 7. The van der Waals surface area contributed by atoms with Crippen LogP contribution in [0.4, 0.5) is 16.2 Å². The fourth-order valence-corrected chi connectivity index (χ4v) is 2.90. The van der Waals surface area contributed by atoms with Crippen molar-refractivity contribution in [2.45, 2.75) is 52.4 Å². The average Bonchev–Trinajstić information content (AvgIpc) is 2.72. The number of ether oxygens (including phenoxy) is 2. The highest BCUT2D eigenvalue weighted by atomic mass is 16.7. The highest BCUT2D eigenvalue weighted by Gasteiger charge is 2.22. The van der Waals surface area contributed by atoms with Crippen molar-refractivity contribution in [3.63, 3.8) is 0 Å². The van der Waals surface area contributed by atoms with Crippen molar-refractivity contribution >= 4 is 17.5 Å². The largest absolute Gasteiger partial charge is 0.519 e. The first-order chi connectivity index (χ1) is 14.2. The second-order valence-corrected chi connectivity index (χ2v) is 7.03. The molecule has 0 aliphatic carbocycles. The van der Waals surface area contributed by atoms with Gasteiger partial charge in [-0.1, -0.05) is 27.7 Å². The molecule has 0 fully saturated rings. The zero-order chi connectivity index (χ0) is 22.4. The number of non-ortho nitro benzene ring substituents is 2. The lowest BCUT2D eigenvalue weighted by Gasteiger charge is -2.16. The molecule has 2 aromatic rings. The maximum absolute atomic E-state index is 12.4. The monoisotopic (exact) mass is 416 g/mol. The van der Waals surface area contributed by atoms with Crippen LogP contribution < -0.4 is 9.47 Å². The molecule has 30 heavy (non-hydrogen) atoms. The molecule has 0 saturated carbocycles. The van der Waals surface area contributed by atoms with E-state index in [-0.39, 0.29) is 34.7 Å². The summed E-state index contributed by atoms with van der Waals surface area (Å²) in [6.07, 6.45) is 0.354. The van der Waals surface area contributed by atoms with Crippen LogP contribution in [0.1, 0.15) is 63.5 Å². The lowest BCUT2D eigenvalue weighted by atomic mass is 9.97. The quantitative estimate of drug-likeness (QED) is 0.220. The van der Waals surface area contributed by atoms with Crippen molar-refractivity contribution in [1.29, 1.82) is 0 Å². The van der Waals surface area contributed by atoms with Crippen molar-refractivity contribution in [2.75, 3.05) is 0 Å². The molecular weight excluding hydrogens is 392 g/mol. The van der Waals surface area contributed by atoms with Crippen LogP contribution in [0.3, 0.4) is 0 Å². The lowest BCUT2D eigenvalue weighted by Crippen LogP contribution is -2.16. The van der Waals surface area contributed by atoms with Gasteiger partial charge in [0, 0.05) is 35.4 Å². The highest BCUT2D eigenvalue weighted by molar-refractivity contribution is 5.69. The number of nitro groups is 2. The number of nitro benzene ring substituents is 2. The van der Waals surface area contributed by atoms with Crippen molar-refractivity contribution in [2.24, 2.45) is 0 Å². The average molecular weight is 416 g/mol. The molecule has 0 radical (unpaired) electrons. The van der Waals surface area contributed by atoms with Gasteiger partial charge < -0.3 is 9.47 Å². The molecule has 9 nitrogen and oxygen atoms in total. The van der Waals surface area contributed by atoms with Crippen LogP contribution in [-0.2, 0) is 0 Å². The van der Waals surface area contributed by atoms with Gasteiger partial charge in [-0.25, -0.2) is 4.79 Å². The van der Waals surface area contributed by atoms with E-state index in [2.05, 4.69) is 0 Å². The van der Waals surface area contributed by atoms with Crippen LogP contribution >= 0.6 is 0 Å². The molecule has 0 amide bonds. The van der Waals surface area contributed by atoms with Gasteiger partial charge in [-0.3, -0.25) is 20.2 Å². The molecule has 0 aliphatic rings. The molecular formula is C21H24N2O7. The van der Waals surface area contributed by atoms with Gasteiger partial charge in [0.25, 0.3) is 11.4 Å². The van der Waals surface area contributed by atoms with Gasteiger partial charge >= 0.3 is 6.16 Å². The minimum Gasteiger partial charge on any atom is -0.394 e. The number of carbonyl (C=O) groups excluding carboxylic acids is 1. The predicted molar refractivity (Wildman–Crippen MR) is 110 cm³/mol. The van der Waals surface area contributed by atoms with E-state index in [0.717, 1.165) is 0 Å². The predicted octanol–water partition coefficient (Wildman–Crippen LogP) is 6.11. The Morgan fingerprint density at radius 3 is 1.50 bits per heavy atom. The number of carbonyl (C=O) groups is 1. The molecule has 2 atom stereocenters. The van der Waals surface area contributed by atoms with E-state index in [1.54, 1.807) is 0 Å². The summed E-state index contributed by atoms with van der Waals surface area (Å²) in [4.78, 5) is 33.6. The standard InChI is InChI=1S/C21H24N2O7/c1-5-13(3)17-11-15(22(25)26)7-9-19(17)29-21(24)30-20-10-8-16(23(27)28)12-18(20)14(4)6-2/h7-14H,5-6H2,1-4H3/t13-,14-/m1/s1. The van der Waals surface area contributed by atoms with Crippen LogP contribution in [0.25, 0.3) is 0 Å². The highest BCUT2D eigenvalue weighted by Crippen LogP contribution is 2.34. The maximum Gasteiger partial charge on any atom is 0.519 e. The Morgan fingerprint density at radius 2 is 1.20 bits per heavy atom. The molecule has 160 valence electrons. The van der Waals surface area contributed by atoms with Crippen LogP contribution in [0, 0.1) is 20.2 Å². The number of hydrogen-bond donors (Lipinski definition) is 0. The molecule has 0 aromatic heterocycles. The van der Waals surface area contributed by atoms with Gasteiger partial charge in [0.05, 0.1) is 9.85 Å². The number of nitrogens with zero attached hydrogens (tertiary/aromatic N) is 2. The first-order valence-electron chi connectivity index (χ1n) is 9.64. The topological polar surface area (TPSA) is 122 Å². The van der Waals surface area contributed by atoms with E-state index in [1.807, 2.05) is 27.7 Å². The molecule has 0 heterocycles. The minimum absolute atomic E-state index is 0.0808. The van der Waals surface area contributed by atoms with E-state index >= 15 is 0 Å². The first kappa shape index (κ1) is 22.8. The Bertz CT molecular complexity index is 883. The summed E-state index contributed by atoms with van der Waals surface area (Å²) < 4.78 is 10.7. The Morgan fingerprint density at radius 1 is 0.833 bits per heavy atom. The zero-order valence-electron chi connectivity index (χ0n) is 17.3. The summed E-state index contributed by atoms with van der Waals surface area (Å²) in [5, 5.41) is 22.1. The molecule has 0 N–H and O–H groups in total. The Balaban J connectivity index is 2.31. The third-order valence-corrected chi connectivity index (χ3v) is 5.08. The first-order valence-corrected chi connectivity index (χ1v) is 9.64. The fraction of sp³-hybridized carbons (Fsp3) is 0.381. The van der Waals surface area contributed by atoms with Crippen molar-refractivity contribution in [3.8, 4) is 11.5 Å². The van der Waals surface area contributed by atoms with Crippen molar-refractivity contribution < 1.29 is 24.1 Å². The SMILES string of the molecule is CC[C@@H](C)c1cc([N+](=O)[O-])ccc1OC(=O)Oc1ccc([N+](=O)[O-])cc1[C@H](C)CC. The summed E-state index contributed by atoms with van der Waals surface area (Å²) in [5.74, 6) is 0.185. The van der Waals surface area contributed by atoms with E-state index in [9.17, 15) is 25.0 Å². The zero-order valence-corrected chi connectivity index (χ0v) is 17.3. The summed E-state index contributed by atoms with van der Waals surface area (Å²) >= 11 is 0. The molecule has 0 spiro atoms. The van der Waals surface area contributed by atoms with E-state index < -0.39 is 16.0 Å². The maximum atomic E-state index is 12.4. The summed E-state index contributed by atoms with van der Waals surface area (Å²) in [5.41, 5.74) is 0.852. The van der Waals surface area contributed by atoms with Gasteiger partial charge in [-0.15, -0.1) is 0 Å². The smallest absolute Gasteiger partial charge is 0.394 e. The summed E-state index contributed by atoms with van der Waals surface area (Å²) in [6.45, 7) is 7.57. The van der Waals surface area contributed by atoms with Gasteiger partial charge in [0.15, 0.2) is 0 Å². The molecule has 9 heteroatoms. The third kappa shape index (κ3) is 5.31. The van der Waals surface area contributed by atoms with Crippen LogP contribution in [-0.4, -0.2) is 16.0 Å². The summed E-state index contributed by atoms with van der Waals surface area (Å²) in [6, 6.07) is 8.01. The van der Waals surface area contributed by atoms with Crippen molar-refractivity contribution in [1.82, 2.24) is 0 Å². The second kappa shape index (κ2) is 9.82. The van der Waals surface area contributed by atoms with E-state index in [0.29, 0.717) is 24.0 Å². The fourth-order valence-electron chi connectivity index (χ4n) is 2.90. The molecule has 2 aromatic carbocycles. The van der Waals surface area contributed by atoms with Gasteiger partial charge in [-0.2, -0.15) is 0 Å². The molecule has 0 bridgehead atoms. The Labute approximate surface area is 173 Å². The van der Waals surface area contributed by atoms with Gasteiger partial charge in [-0.05, 0) is 36.8 Å². The Hall–Kier alpha value is -3.49. The molecule has 0 saturated heterocycles. The van der Waals surface area contributed by atoms with Gasteiger partial charge in [0.1, 0.15) is 11.5 Å². The van der Waals surface area contributed by atoms with E-state index in [4.69, 9.17) is 9.47 Å². The minimum atomic E-state index is -1.02. The second-order valence-electron chi connectivity index (χ2n) is 7.03. The molecule has 2 rings (SSSR count). The summed E-state index contributed by atoms with van der Waals surface area (Å²) in [7, 11) is 0. The van der Waals surface area contributed by atoms with Crippen molar-refractivity contribution in [3.05, 3.63) is 67.8 Å². The number of benzene rings is 2. The molecule has 0 aliphatic heterocycles. The van der Waals surface area contributed by atoms with Gasteiger partial charge in [0.2, 0.25) is 0 Å². The Kier molecular flexibility index (Phi) is 7.46. The number of rotatable bonds is 8. The van der Waals surface area contributed by atoms with E-state index in [1.165, 1.54) is 36.4 Å². The normalized spacial score (nSPS) is 12.7. The van der Waals surface area contributed by atoms with Crippen LogP contribution in [0.2, 0.25) is 0 Å².